The van der Waals surface area contributed by atoms with Gasteiger partial charge in [0.15, 0.2) is 9.84 Å². The van der Waals surface area contributed by atoms with Gasteiger partial charge in [0.2, 0.25) is 0 Å². The van der Waals surface area contributed by atoms with E-state index in [0.717, 1.165) is 5.56 Å². The van der Waals surface area contributed by atoms with E-state index in [1.807, 2.05) is 29.0 Å². The maximum atomic E-state index is 12.8. The summed E-state index contributed by atoms with van der Waals surface area (Å²) in [6, 6.07) is 8.93. The molecule has 0 unspecified atom stereocenters. The highest BCUT2D eigenvalue weighted by Gasteiger charge is 2.38. The van der Waals surface area contributed by atoms with Crippen LogP contribution in [0.1, 0.15) is 40.9 Å². The predicted molar refractivity (Wildman–Crippen MR) is 104 cm³/mol. The molecule has 27 heavy (non-hydrogen) atoms. The molecule has 2 atom stereocenters. The fourth-order valence-electron chi connectivity index (χ4n) is 3.34. The lowest BCUT2D eigenvalue weighted by Gasteiger charge is -2.28. The molecule has 1 N–H and O–H groups in total. The number of hydrogen-bond acceptors (Lipinski definition) is 5. The van der Waals surface area contributed by atoms with Crippen molar-refractivity contribution in [3.8, 4) is 0 Å². The van der Waals surface area contributed by atoms with Gasteiger partial charge in [-0.15, -0.1) is 11.3 Å². The molecule has 140 valence electrons. The Bertz CT molecular complexity index is 1070. The van der Waals surface area contributed by atoms with Gasteiger partial charge in [-0.25, -0.2) is 13.4 Å². The molecule has 0 fully saturated rings. The van der Waals surface area contributed by atoms with Crippen molar-refractivity contribution in [3.63, 3.8) is 0 Å². The van der Waals surface area contributed by atoms with Gasteiger partial charge in [0, 0.05) is 30.1 Å². The summed E-state index contributed by atoms with van der Waals surface area (Å²) in [7, 11) is -3.29. The minimum Gasteiger partial charge on any atom is -0.345 e. The molecular formula is C19H19N3O3S2. The van der Waals surface area contributed by atoms with E-state index in [9.17, 15) is 13.2 Å². The van der Waals surface area contributed by atoms with E-state index in [2.05, 4.69) is 10.3 Å². The summed E-state index contributed by atoms with van der Waals surface area (Å²) in [5.41, 5.74) is 2.25. The Labute approximate surface area is 161 Å². The number of hydrogen-bond donors (Lipinski definition) is 1. The number of carbonyl (C=O) groups excluding carboxylic acids is 1. The van der Waals surface area contributed by atoms with Gasteiger partial charge in [-0.3, -0.25) is 4.79 Å². The molecular weight excluding hydrogens is 382 g/mol. The summed E-state index contributed by atoms with van der Waals surface area (Å²) in [6.45, 7) is 2.33. The third kappa shape index (κ3) is 3.42. The second-order valence-electron chi connectivity index (χ2n) is 6.72. The van der Waals surface area contributed by atoms with Crippen molar-refractivity contribution in [2.45, 2.75) is 35.4 Å². The lowest BCUT2D eigenvalue weighted by Crippen LogP contribution is -2.36. The number of amides is 1. The number of carbonyl (C=O) groups is 1. The van der Waals surface area contributed by atoms with Crippen LogP contribution < -0.4 is 5.32 Å². The number of nitrogens with one attached hydrogen (secondary N) is 1. The first-order chi connectivity index (χ1) is 12.9. The number of nitrogens with zero attached hydrogens (tertiary/aromatic N) is 2. The minimum atomic E-state index is -3.29. The number of imidazole rings is 1. The first-order valence-corrected chi connectivity index (χ1v) is 11.0. The molecule has 8 heteroatoms. The Morgan fingerprint density at radius 2 is 2.22 bits per heavy atom. The van der Waals surface area contributed by atoms with Crippen LogP contribution in [0.15, 0.2) is 58.6 Å². The highest BCUT2D eigenvalue weighted by molar-refractivity contribution is 7.94. The first kappa shape index (κ1) is 17.9. The monoisotopic (exact) mass is 401 g/mol. The topological polar surface area (TPSA) is 81.1 Å². The molecule has 0 saturated heterocycles. The van der Waals surface area contributed by atoms with Gasteiger partial charge in [0.25, 0.3) is 5.91 Å². The number of rotatable bonds is 4. The van der Waals surface area contributed by atoms with Crippen molar-refractivity contribution in [3.05, 3.63) is 71.1 Å². The van der Waals surface area contributed by atoms with Crippen LogP contribution >= 0.6 is 11.3 Å². The van der Waals surface area contributed by atoms with Gasteiger partial charge in [-0.2, -0.15) is 0 Å². The smallest absolute Gasteiger partial charge is 0.251 e. The van der Waals surface area contributed by atoms with Gasteiger partial charge < -0.3 is 9.88 Å². The number of fused-ring (bicyclic) bond motifs is 1. The van der Waals surface area contributed by atoms with Crippen LogP contribution in [0.4, 0.5) is 0 Å². The maximum absolute atomic E-state index is 12.8. The van der Waals surface area contributed by atoms with Gasteiger partial charge in [0.05, 0.1) is 17.6 Å². The summed E-state index contributed by atoms with van der Waals surface area (Å²) in [5, 5.41) is 4.27. The van der Waals surface area contributed by atoms with Crippen LogP contribution in [0.5, 0.6) is 0 Å². The lowest BCUT2D eigenvalue weighted by molar-refractivity contribution is 0.0933. The normalized spacial score (nSPS) is 20.8. The van der Waals surface area contributed by atoms with Gasteiger partial charge in [-0.1, -0.05) is 12.1 Å². The average molecular weight is 402 g/mol. The van der Waals surface area contributed by atoms with Crippen molar-refractivity contribution < 1.29 is 13.2 Å². The molecule has 1 aromatic carbocycles. The van der Waals surface area contributed by atoms with Crippen LogP contribution in [0.2, 0.25) is 0 Å². The third-order valence-corrected chi connectivity index (χ3v) is 8.52. The molecule has 6 nitrogen and oxygen atoms in total. The molecule has 4 rings (SSSR count). The Morgan fingerprint density at radius 3 is 3.00 bits per heavy atom. The average Bonchev–Trinajstić information content (AvgIpc) is 3.32. The van der Waals surface area contributed by atoms with Crippen molar-refractivity contribution in [1.29, 1.82) is 0 Å². The summed E-state index contributed by atoms with van der Waals surface area (Å²) >= 11 is 1.22. The number of sulfone groups is 1. The molecule has 0 spiro atoms. The zero-order valence-electron chi connectivity index (χ0n) is 14.7. The van der Waals surface area contributed by atoms with E-state index < -0.39 is 15.1 Å². The van der Waals surface area contributed by atoms with Crippen LogP contribution in [0, 0.1) is 0 Å². The highest BCUT2D eigenvalue weighted by atomic mass is 32.2. The molecule has 0 aliphatic carbocycles. The molecule has 3 heterocycles. The fourth-order valence-corrected chi connectivity index (χ4v) is 6.57. The Balaban J connectivity index is 1.55. The summed E-state index contributed by atoms with van der Waals surface area (Å²) in [5.74, 6) is -0.198. The standard InChI is InChI=1S/C19H19N3O3S2/c1-13-9-17(16-5-8-26-19(16)27(13,24)25)21-18(23)15-4-2-3-14(10-15)11-22-7-6-20-12-22/h2-8,10,12-13,17H,9,11H2,1H3,(H,21,23)/t13-,17-/m0/s1. The van der Waals surface area contributed by atoms with E-state index in [4.69, 9.17) is 0 Å². The molecule has 3 aromatic rings. The van der Waals surface area contributed by atoms with Crippen molar-refractivity contribution >= 4 is 27.1 Å². The van der Waals surface area contributed by atoms with E-state index in [1.54, 1.807) is 37.0 Å². The number of thiophene rings is 1. The second-order valence-corrected chi connectivity index (χ2v) is 10.2. The lowest BCUT2D eigenvalue weighted by atomic mass is 10.0. The van der Waals surface area contributed by atoms with Crippen molar-refractivity contribution in [2.75, 3.05) is 0 Å². The number of aromatic nitrogens is 2. The molecule has 1 amide bonds. The Kier molecular flexibility index (Phi) is 4.61. The van der Waals surface area contributed by atoms with Gasteiger partial charge in [-0.05, 0) is 42.5 Å². The largest absolute Gasteiger partial charge is 0.345 e. The molecule has 0 saturated carbocycles. The molecule has 1 aliphatic rings. The zero-order chi connectivity index (χ0) is 19.0. The van der Waals surface area contributed by atoms with Crippen LogP contribution in [-0.2, 0) is 16.4 Å². The van der Waals surface area contributed by atoms with Gasteiger partial charge in [0.1, 0.15) is 4.21 Å². The zero-order valence-corrected chi connectivity index (χ0v) is 16.3. The second kappa shape index (κ2) is 6.94. The SMILES string of the molecule is C[C@H]1C[C@H](NC(=O)c2cccc(Cn3ccnc3)c2)c2ccsc2S1(=O)=O. The van der Waals surface area contributed by atoms with Crippen molar-refractivity contribution in [1.82, 2.24) is 14.9 Å². The Hall–Kier alpha value is -2.45. The van der Waals surface area contributed by atoms with Crippen molar-refractivity contribution in [2.24, 2.45) is 0 Å². The quantitative estimate of drug-likeness (QED) is 0.729. The van der Waals surface area contributed by atoms with E-state index in [1.165, 1.54) is 11.3 Å². The minimum absolute atomic E-state index is 0.198. The van der Waals surface area contributed by atoms with Crippen LogP contribution in [-0.4, -0.2) is 29.1 Å². The van der Waals surface area contributed by atoms with E-state index in [0.29, 0.717) is 28.3 Å². The Morgan fingerprint density at radius 1 is 1.37 bits per heavy atom. The van der Waals surface area contributed by atoms with Crippen LogP contribution in [0.25, 0.3) is 0 Å². The molecule has 0 bridgehead atoms. The van der Waals surface area contributed by atoms with E-state index >= 15 is 0 Å². The van der Waals surface area contributed by atoms with Gasteiger partial charge >= 0.3 is 0 Å². The third-order valence-electron chi connectivity index (χ3n) is 4.81. The van der Waals surface area contributed by atoms with E-state index in [-0.39, 0.29) is 11.9 Å². The fraction of sp³-hybridized carbons (Fsp3) is 0.263. The summed E-state index contributed by atoms with van der Waals surface area (Å²) in [6.07, 6.45) is 5.70. The predicted octanol–water partition coefficient (Wildman–Crippen LogP) is 3.03. The summed E-state index contributed by atoms with van der Waals surface area (Å²) < 4.78 is 27.2. The maximum Gasteiger partial charge on any atom is 0.251 e. The molecule has 1 aliphatic heterocycles. The first-order valence-electron chi connectivity index (χ1n) is 8.62. The molecule has 0 radical (unpaired) electrons. The van der Waals surface area contributed by atoms with Crippen LogP contribution in [0.3, 0.4) is 0 Å². The number of benzene rings is 1. The highest BCUT2D eigenvalue weighted by Crippen LogP contribution is 2.39. The molecule has 2 aromatic heterocycles. The summed E-state index contributed by atoms with van der Waals surface area (Å²) in [4.78, 5) is 16.8.